The number of ether oxygens (including phenoxy) is 1. The highest BCUT2D eigenvalue weighted by atomic mass is 16.5. The van der Waals surface area contributed by atoms with Gasteiger partial charge in [-0.1, -0.05) is 26.0 Å². The van der Waals surface area contributed by atoms with Gasteiger partial charge in [-0.05, 0) is 68.0 Å². The average molecular weight is 395 g/mol. The second-order valence-corrected chi connectivity index (χ2v) is 7.95. The van der Waals surface area contributed by atoms with E-state index in [0.717, 1.165) is 32.4 Å². The number of carbonyl (C=O) groups is 2. The Balaban J connectivity index is 1.64. The number of carbonyl (C=O) groups excluding carboxylic acids is 2. The minimum absolute atomic E-state index is 0.0290. The maximum atomic E-state index is 12.7. The summed E-state index contributed by atoms with van der Waals surface area (Å²) in [5.74, 6) is 1.07. The van der Waals surface area contributed by atoms with E-state index in [1.807, 2.05) is 17.0 Å². The Hall–Kier alpha value is -2.82. The summed E-state index contributed by atoms with van der Waals surface area (Å²) in [7, 11) is 0. The van der Waals surface area contributed by atoms with Crippen LogP contribution in [-0.4, -0.2) is 36.4 Å². The minimum Gasteiger partial charge on any atom is -0.494 e. The predicted octanol–water partition coefficient (Wildman–Crippen LogP) is 4.99. The number of piperidine rings is 1. The third-order valence-corrected chi connectivity index (χ3v) is 5.07. The van der Waals surface area contributed by atoms with E-state index in [9.17, 15) is 9.59 Å². The molecule has 0 saturated carbocycles. The zero-order valence-corrected chi connectivity index (χ0v) is 17.3. The standard InChI is InChI=1S/C24H30N2O3/c1-18(2)12-15-29-22-11-7-8-19(17-22)23(27)25-21-10-6-9-20(16-21)24(28)26-13-4-3-5-14-26/h6-11,16-18H,3-5,12-15H2,1-2H3,(H,25,27). The van der Waals surface area contributed by atoms with Crippen LogP contribution in [0.1, 0.15) is 60.2 Å². The quantitative estimate of drug-likeness (QED) is 0.720. The van der Waals surface area contributed by atoms with Gasteiger partial charge in [-0.3, -0.25) is 9.59 Å². The summed E-state index contributed by atoms with van der Waals surface area (Å²) < 4.78 is 5.75. The third kappa shape index (κ3) is 6.08. The number of anilines is 1. The highest BCUT2D eigenvalue weighted by molar-refractivity contribution is 6.05. The molecule has 2 aromatic carbocycles. The fourth-order valence-corrected chi connectivity index (χ4v) is 3.35. The number of rotatable bonds is 7. The van der Waals surface area contributed by atoms with Crippen molar-refractivity contribution >= 4 is 17.5 Å². The Labute approximate surface area is 173 Å². The average Bonchev–Trinajstić information content (AvgIpc) is 2.74. The molecule has 2 amide bonds. The van der Waals surface area contributed by atoms with Crippen LogP contribution in [0.15, 0.2) is 48.5 Å². The molecule has 1 heterocycles. The number of nitrogens with zero attached hydrogens (tertiary/aromatic N) is 1. The molecule has 1 aliphatic heterocycles. The van der Waals surface area contributed by atoms with Crippen LogP contribution >= 0.6 is 0 Å². The van der Waals surface area contributed by atoms with Gasteiger partial charge in [-0.15, -0.1) is 0 Å². The Morgan fingerprint density at radius 2 is 1.72 bits per heavy atom. The number of hydrogen-bond acceptors (Lipinski definition) is 3. The summed E-state index contributed by atoms with van der Waals surface area (Å²) in [5, 5.41) is 2.89. The van der Waals surface area contributed by atoms with Crippen molar-refractivity contribution in [3.63, 3.8) is 0 Å². The summed E-state index contributed by atoms with van der Waals surface area (Å²) in [6.07, 6.45) is 4.25. The second-order valence-electron chi connectivity index (χ2n) is 7.95. The Morgan fingerprint density at radius 1 is 1.00 bits per heavy atom. The molecule has 0 unspecified atom stereocenters. The van der Waals surface area contributed by atoms with Crippen molar-refractivity contribution in [3.05, 3.63) is 59.7 Å². The van der Waals surface area contributed by atoms with Gasteiger partial charge in [0.05, 0.1) is 6.61 Å². The summed E-state index contributed by atoms with van der Waals surface area (Å²) in [5.41, 5.74) is 1.75. The smallest absolute Gasteiger partial charge is 0.255 e. The molecule has 154 valence electrons. The molecule has 0 atom stereocenters. The lowest BCUT2D eigenvalue weighted by Gasteiger charge is -2.26. The van der Waals surface area contributed by atoms with Gasteiger partial charge in [0.2, 0.25) is 0 Å². The van der Waals surface area contributed by atoms with Crippen molar-refractivity contribution in [2.24, 2.45) is 5.92 Å². The van der Waals surface area contributed by atoms with Gasteiger partial charge in [-0.25, -0.2) is 0 Å². The fourth-order valence-electron chi connectivity index (χ4n) is 3.35. The van der Waals surface area contributed by atoms with Crippen LogP contribution in [0.2, 0.25) is 0 Å². The molecule has 0 aromatic heterocycles. The maximum absolute atomic E-state index is 12.7. The van der Waals surface area contributed by atoms with Crippen molar-refractivity contribution in [2.75, 3.05) is 25.0 Å². The van der Waals surface area contributed by atoms with E-state index in [2.05, 4.69) is 19.2 Å². The van der Waals surface area contributed by atoms with Crippen LogP contribution in [0.4, 0.5) is 5.69 Å². The van der Waals surface area contributed by atoms with Crippen LogP contribution in [0, 0.1) is 5.92 Å². The number of benzene rings is 2. The number of amides is 2. The molecule has 1 N–H and O–H groups in total. The number of hydrogen-bond donors (Lipinski definition) is 1. The highest BCUT2D eigenvalue weighted by Gasteiger charge is 2.18. The fraction of sp³-hybridized carbons (Fsp3) is 0.417. The highest BCUT2D eigenvalue weighted by Crippen LogP contribution is 2.19. The van der Waals surface area contributed by atoms with E-state index in [0.29, 0.717) is 35.1 Å². The van der Waals surface area contributed by atoms with Crippen LogP contribution in [-0.2, 0) is 0 Å². The Morgan fingerprint density at radius 3 is 2.48 bits per heavy atom. The SMILES string of the molecule is CC(C)CCOc1cccc(C(=O)Nc2cccc(C(=O)N3CCCCC3)c2)c1. The van der Waals surface area contributed by atoms with Crippen LogP contribution in [0.25, 0.3) is 0 Å². The molecule has 1 aliphatic rings. The van der Waals surface area contributed by atoms with Crippen molar-refractivity contribution in [3.8, 4) is 5.75 Å². The predicted molar refractivity (Wildman–Crippen MR) is 116 cm³/mol. The van der Waals surface area contributed by atoms with E-state index in [1.54, 1.807) is 36.4 Å². The molecule has 1 fully saturated rings. The molecule has 29 heavy (non-hydrogen) atoms. The zero-order valence-electron chi connectivity index (χ0n) is 17.3. The van der Waals surface area contributed by atoms with Crippen molar-refractivity contribution in [1.29, 1.82) is 0 Å². The molecule has 5 nitrogen and oxygen atoms in total. The lowest BCUT2D eigenvalue weighted by molar-refractivity contribution is 0.0724. The number of likely N-dealkylation sites (tertiary alicyclic amines) is 1. The summed E-state index contributed by atoms with van der Waals surface area (Å²) in [6.45, 7) is 6.54. The first-order valence-corrected chi connectivity index (χ1v) is 10.5. The molecule has 1 saturated heterocycles. The topological polar surface area (TPSA) is 58.6 Å². The maximum Gasteiger partial charge on any atom is 0.255 e. The van der Waals surface area contributed by atoms with E-state index in [4.69, 9.17) is 4.74 Å². The van der Waals surface area contributed by atoms with Gasteiger partial charge in [0.1, 0.15) is 5.75 Å². The largest absolute Gasteiger partial charge is 0.494 e. The molecule has 2 aromatic rings. The van der Waals surface area contributed by atoms with E-state index in [1.165, 1.54) is 6.42 Å². The van der Waals surface area contributed by atoms with E-state index in [-0.39, 0.29) is 11.8 Å². The van der Waals surface area contributed by atoms with Crippen molar-refractivity contribution < 1.29 is 14.3 Å². The van der Waals surface area contributed by atoms with Gasteiger partial charge < -0.3 is 15.0 Å². The lowest BCUT2D eigenvalue weighted by Crippen LogP contribution is -2.35. The normalized spacial score (nSPS) is 14.0. The molecule has 0 spiro atoms. The van der Waals surface area contributed by atoms with Gasteiger partial charge in [0.15, 0.2) is 0 Å². The monoisotopic (exact) mass is 394 g/mol. The van der Waals surface area contributed by atoms with Gasteiger partial charge in [0.25, 0.3) is 11.8 Å². The molecular weight excluding hydrogens is 364 g/mol. The minimum atomic E-state index is -0.220. The van der Waals surface area contributed by atoms with E-state index >= 15 is 0 Å². The molecule has 0 radical (unpaired) electrons. The summed E-state index contributed by atoms with van der Waals surface area (Å²) in [6, 6.07) is 14.3. The number of nitrogens with one attached hydrogen (secondary N) is 1. The summed E-state index contributed by atoms with van der Waals surface area (Å²) >= 11 is 0. The van der Waals surface area contributed by atoms with Crippen LogP contribution in [0.3, 0.4) is 0 Å². The molecule has 0 bridgehead atoms. The van der Waals surface area contributed by atoms with Gasteiger partial charge in [-0.2, -0.15) is 0 Å². The van der Waals surface area contributed by atoms with Gasteiger partial charge in [0, 0.05) is 29.9 Å². The van der Waals surface area contributed by atoms with E-state index < -0.39 is 0 Å². The first-order chi connectivity index (χ1) is 14.0. The molecular formula is C24H30N2O3. The van der Waals surface area contributed by atoms with Crippen molar-refractivity contribution in [2.45, 2.75) is 39.5 Å². The summed E-state index contributed by atoms with van der Waals surface area (Å²) in [4.78, 5) is 27.3. The lowest BCUT2D eigenvalue weighted by atomic mass is 10.1. The first-order valence-electron chi connectivity index (χ1n) is 10.5. The Bertz CT molecular complexity index is 842. The molecule has 5 heteroatoms. The van der Waals surface area contributed by atoms with Crippen LogP contribution < -0.4 is 10.1 Å². The van der Waals surface area contributed by atoms with Gasteiger partial charge >= 0.3 is 0 Å². The third-order valence-electron chi connectivity index (χ3n) is 5.07. The van der Waals surface area contributed by atoms with Crippen LogP contribution in [0.5, 0.6) is 5.75 Å². The van der Waals surface area contributed by atoms with Crippen molar-refractivity contribution in [1.82, 2.24) is 4.90 Å². The first kappa shape index (κ1) is 20.9. The second kappa shape index (κ2) is 10.1. The molecule has 0 aliphatic carbocycles. The zero-order chi connectivity index (χ0) is 20.6. The molecule has 3 rings (SSSR count). The Kier molecular flexibility index (Phi) is 7.28.